The van der Waals surface area contributed by atoms with Gasteiger partial charge < -0.3 is 15.7 Å². The Morgan fingerprint density at radius 1 is 1.40 bits per heavy atom. The summed E-state index contributed by atoms with van der Waals surface area (Å²) in [6, 6.07) is 7.71. The van der Waals surface area contributed by atoms with Crippen LogP contribution < -0.4 is 10.6 Å². The van der Waals surface area contributed by atoms with Gasteiger partial charge in [0.15, 0.2) is 4.99 Å². The van der Waals surface area contributed by atoms with Crippen molar-refractivity contribution in [1.29, 1.82) is 0 Å². The Bertz CT molecular complexity index is 370. The van der Waals surface area contributed by atoms with Crippen LogP contribution in [0.1, 0.15) is 6.42 Å². The molecule has 0 saturated carbocycles. The van der Waals surface area contributed by atoms with Crippen LogP contribution in [-0.4, -0.2) is 22.3 Å². The molecule has 0 aliphatic carbocycles. The lowest BCUT2D eigenvalue weighted by molar-refractivity contribution is -0.137. The number of nitrogens with one attached hydrogen (secondary N) is 2. The number of rotatable bonds is 3. The van der Waals surface area contributed by atoms with Crippen molar-refractivity contribution in [3.05, 3.63) is 24.3 Å². The third-order valence-electron chi connectivity index (χ3n) is 2.35. The second kappa shape index (κ2) is 3.66. The van der Waals surface area contributed by atoms with E-state index in [1.165, 1.54) is 11.8 Å². The number of aliphatic carboxylic acids is 1. The van der Waals surface area contributed by atoms with E-state index in [1.54, 1.807) is 0 Å². The molecule has 0 atom stereocenters. The summed E-state index contributed by atoms with van der Waals surface area (Å²) in [5.41, 5.74) is 1.90. The largest absolute Gasteiger partial charge is 0.481 e. The summed E-state index contributed by atoms with van der Waals surface area (Å²) in [4.78, 5) is 10.2. The first kappa shape index (κ1) is 10.2. The SMILES string of the molecule is CSC1(CC(=O)O)Nc2ccccc2N1. The molecule has 0 aromatic heterocycles. The van der Waals surface area contributed by atoms with E-state index in [2.05, 4.69) is 10.6 Å². The van der Waals surface area contributed by atoms with E-state index in [0.29, 0.717) is 0 Å². The topological polar surface area (TPSA) is 61.4 Å². The number of para-hydroxylation sites is 2. The van der Waals surface area contributed by atoms with Crippen LogP contribution in [0.25, 0.3) is 0 Å². The lowest BCUT2D eigenvalue weighted by Gasteiger charge is -2.26. The fraction of sp³-hybridized carbons (Fsp3) is 0.300. The number of hydrogen-bond acceptors (Lipinski definition) is 4. The van der Waals surface area contributed by atoms with Gasteiger partial charge in [-0.05, 0) is 18.4 Å². The second-order valence-corrected chi connectivity index (χ2v) is 4.50. The quantitative estimate of drug-likeness (QED) is 0.733. The molecule has 0 unspecified atom stereocenters. The standard InChI is InChI=1S/C10H12N2O2S/c1-15-10(6-9(13)14)11-7-4-2-3-5-8(7)12-10/h2-5,11-12H,6H2,1H3,(H,13,14). The zero-order valence-corrected chi connectivity index (χ0v) is 9.10. The molecular weight excluding hydrogens is 212 g/mol. The summed E-state index contributed by atoms with van der Waals surface area (Å²) < 4.78 is 0. The van der Waals surface area contributed by atoms with Crippen LogP contribution >= 0.6 is 11.8 Å². The monoisotopic (exact) mass is 224 g/mol. The smallest absolute Gasteiger partial charge is 0.308 e. The Labute approximate surface area is 92.1 Å². The van der Waals surface area contributed by atoms with Crippen molar-refractivity contribution in [2.75, 3.05) is 16.9 Å². The molecule has 1 aliphatic rings. The highest BCUT2D eigenvalue weighted by atomic mass is 32.2. The highest BCUT2D eigenvalue weighted by Gasteiger charge is 2.37. The molecular formula is C10H12N2O2S. The van der Waals surface area contributed by atoms with Gasteiger partial charge in [0.1, 0.15) is 0 Å². The number of carbonyl (C=O) groups is 1. The van der Waals surface area contributed by atoms with Gasteiger partial charge in [0.2, 0.25) is 0 Å². The Morgan fingerprint density at radius 2 is 1.93 bits per heavy atom. The molecule has 1 heterocycles. The summed E-state index contributed by atoms with van der Waals surface area (Å²) in [6.45, 7) is 0. The normalized spacial score (nSPS) is 16.3. The molecule has 0 spiro atoms. The summed E-state index contributed by atoms with van der Waals surface area (Å²) in [5.74, 6) is -0.822. The summed E-state index contributed by atoms with van der Waals surface area (Å²) in [7, 11) is 0. The van der Waals surface area contributed by atoms with Crippen molar-refractivity contribution in [2.45, 2.75) is 11.4 Å². The number of hydrogen-bond donors (Lipinski definition) is 3. The molecule has 2 rings (SSSR count). The Balaban J connectivity index is 2.25. The van der Waals surface area contributed by atoms with E-state index in [4.69, 9.17) is 5.11 Å². The van der Waals surface area contributed by atoms with Crippen LogP contribution in [0.5, 0.6) is 0 Å². The van der Waals surface area contributed by atoms with Gasteiger partial charge in [-0.1, -0.05) is 12.1 Å². The Kier molecular flexibility index (Phi) is 2.48. The fourth-order valence-electron chi connectivity index (χ4n) is 1.64. The lowest BCUT2D eigenvalue weighted by Crippen LogP contribution is -2.40. The van der Waals surface area contributed by atoms with Crippen LogP contribution in [0.3, 0.4) is 0 Å². The molecule has 5 heteroatoms. The number of carboxylic acid groups (broad SMARTS) is 1. The zero-order valence-electron chi connectivity index (χ0n) is 8.28. The molecule has 0 fully saturated rings. The Hall–Kier alpha value is -1.36. The molecule has 1 aromatic carbocycles. The van der Waals surface area contributed by atoms with Gasteiger partial charge in [0.05, 0.1) is 17.8 Å². The van der Waals surface area contributed by atoms with E-state index >= 15 is 0 Å². The van der Waals surface area contributed by atoms with Crippen LogP contribution in [-0.2, 0) is 4.79 Å². The van der Waals surface area contributed by atoms with Crippen LogP contribution in [0.4, 0.5) is 11.4 Å². The third kappa shape index (κ3) is 1.87. The maximum atomic E-state index is 10.8. The lowest BCUT2D eigenvalue weighted by atomic mass is 10.3. The van der Waals surface area contributed by atoms with Crippen LogP contribution in [0.15, 0.2) is 24.3 Å². The maximum Gasteiger partial charge on any atom is 0.308 e. The highest BCUT2D eigenvalue weighted by molar-refractivity contribution is 8.00. The number of thioether (sulfide) groups is 1. The number of carboxylic acids is 1. The van der Waals surface area contributed by atoms with E-state index < -0.39 is 11.0 Å². The van der Waals surface area contributed by atoms with Crippen molar-refractivity contribution < 1.29 is 9.90 Å². The second-order valence-electron chi connectivity index (χ2n) is 3.40. The molecule has 4 nitrogen and oxygen atoms in total. The predicted molar refractivity (Wildman–Crippen MR) is 62.2 cm³/mol. The van der Waals surface area contributed by atoms with Crippen molar-refractivity contribution in [3.63, 3.8) is 0 Å². The maximum absolute atomic E-state index is 10.8. The molecule has 1 aromatic rings. The van der Waals surface area contributed by atoms with E-state index in [0.717, 1.165) is 11.4 Å². The molecule has 0 amide bonds. The summed E-state index contributed by atoms with van der Waals surface area (Å²) >= 11 is 1.46. The summed E-state index contributed by atoms with van der Waals surface area (Å²) in [6.07, 6.45) is 1.91. The molecule has 80 valence electrons. The first-order valence-corrected chi connectivity index (χ1v) is 5.80. The average molecular weight is 224 g/mol. The molecule has 15 heavy (non-hydrogen) atoms. The minimum Gasteiger partial charge on any atom is -0.481 e. The Morgan fingerprint density at radius 3 is 2.33 bits per heavy atom. The fourth-order valence-corrected chi connectivity index (χ4v) is 2.33. The van der Waals surface area contributed by atoms with Gasteiger partial charge in [-0.3, -0.25) is 4.79 Å². The number of fused-ring (bicyclic) bond motifs is 1. The van der Waals surface area contributed by atoms with Gasteiger partial charge in [0, 0.05) is 0 Å². The number of anilines is 2. The van der Waals surface area contributed by atoms with E-state index in [1.807, 2.05) is 30.5 Å². The number of benzene rings is 1. The predicted octanol–water partition coefficient (Wildman–Crippen LogP) is 2.02. The molecule has 0 radical (unpaired) electrons. The first-order chi connectivity index (χ1) is 7.15. The molecule has 3 N–H and O–H groups in total. The van der Waals surface area contributed by atoms with Gasteiger partial charge in [-0.15, -0.1) is 11.8 Å². The first-order valence-electron chi connectivity index (χ1n) is 4.57. The third-order valence-corrected chi connectivity index (χ3v) is 3.39. The minimum absolute atomic E-state index is 0.0306. The van der Waals surface area contributed by atoms with E-state index in [-0.39, 0.29) is 6.42 Å². The average Bonchev–Trinajstić information content (AvgIpc) is 2.55. The van der Waals surface area contributed by atoms with Crippen molar-refractivity contribution in [3.8, 4) is 0 Å². The van der Waals surface area contributed by atoms with Crippen LogP contribution in [0, 0.1) is 0 Å². The van der Waals surface area contributed by atoms with Gasteiger partial charge in [-0.25, -0.2) is 0 Å². The van der Waals surface area contributed by atoms with Crippen molar-refractivity contribution in [2.24, 2.45) is 0 Å². The van der Waals surface area contributed by atoms with Crippen molar-refractivity contribution >= 4 is 29.1 Å². The van der Waals surface area contributed by atoms with Gasteiger partial charge in [-0.2, -0.15) is 0 Å². The molecule has 1 aliphatic heterocycles. The highest BCUT2D eigenvalue weighted by Crippen LogP contribution is 2.40. The van der Waals surface area contributed by atoms with Crippen LogP contribution in [0.2, 0.25) is 0 Å². The molecule has 0 saturated heterocycles. The van der Waals surface area contributed by atoms with Gasteiger partial charge in [0.25, 0.3) is 0 Å². The minimum atomic E-state index is -0.822. The summed E-state index contributed by atoms with van der Waals surface area (Å²) in [5, 5.41) is 15.3. The van der Waals surface area contributed by atoms with Gasteiger partial charge >= 0.3 is 5.97 Å². The van der Waals surface area contributed by atoms with Crippen molar-refractivity contribution in [1.82, 2.24) is 0 Å². The zero-order chi connectivity index (χ0) is 10.9. The van der Waals surface area contributed by atoms with E-state index in [9.17, 15) is 4.79 Å². The molecule has 0 bridgehead atoms.